The Kier molecular flexibility index (Phi) is 5.55. The number of rotatable bonds is 6. The number of aromatic nitrogens is 1. The minimum atomic E-state index is -3.33. The van der Waals surface area contributed by atoms with Gasteiger partial charge in [-0.25, -0.2) is 13.4 Å². The van der Waals surface area contributed by atoms with Crippen molar-refractivity contribution in [2.75, 3.05) is 12.4 Å². The molecule has 0 amide bonds. The number of ether oxygens (including phenoxy) is 1. The Balaban J connectivity index is 2.61. The fourth-order valence-corrected chi connectivity index (χ4v) is 3.54. The number of pyridine rings is 1. The Labute approximate surface area is 110 Å². The van der Waals surface area contributed by atoms with Crippen LogP contribution in [0, 0.1) is 0 Å². The summed E-state index contributed by atoms with van der Waals surface area (Å²) in [6, 6.07) is 3.36. The van der Waals surface area contributed by atoms with Gasteiger partial charge >= 0.3 is 0 Å². The minimum absolute atomic E-state index is 0.0509. The maximum absolute atomic E-state index is 11.9. The van der Waals surface area contributed by atoms with E-state index in [0.717, 1.165) is 0 Å². The molecule has 0 spiro atoms. The van der Waals surface area contributed by atoms with Gasteiger partial charge in [0.25, 0.3) is 0 Å². The third kappa shape index (κ3) is 4.73. The SMILES string of the molecule is CC(C)OCCCS(=O)(=O)c1ncccc1Br. The second-order valence-corrected chi connectivity index (χ2v) is 6.76. The van der Waals surface area contributed by atoms with Gasteiger partial charge in [-0.1, -0.05) is 0 Å². The first-order valence-electron chi connectivity index (χ1n) is 5.38. The highest BCUT2D eigenvalue weighted by Crippen LogP contribution is 2.20. The molecule has 1 aromatic rings. The molecule has 0 aromatic carbocycles. The van der Waals surface area contributed by atoms with Gasteiger partial charge in [-0.05, 0) is 48.3 Å². The van der Waals surface area contributed by atoms with Crippen LogP contribution in [0.25, 0.3) is 0 Å². The molecule has 0 aliphatic rings. The molecule has 0 saturated heterocycles. The van der Waals surface area contributed by atoms with Crippen molar-refractivity contribution in [3.05, 3.63) is 22.8 Å². The molecule has 1 heterocycles. The van der Waals surface area contributed by atoms with Crippen LogP contribution in [-0.4, -0.2) is 31.9 Å². The molecule has 0 N–H and O–H groups in total. The fraction of sp³-hybridized carbons (Fsp3) is 0.545. The molecule has 0 unspecified atom stereocenters. The molecular formula is C11H16BrNO3S. The van der Waals surface area contributed by atoms with E-state index in [0.29, 0.717) is 17.5 Å². The van der Waals surface area contributed by atoms with Crippen molar-refractivity contribution in [2.24, 2.45) is 0 Å². The number of sulfone groups is 1. The second kappa shape index (κ2) is 6.47. The molecule has 0 saturated carbocycles. The van der Waals surface area contributed by atoms with E-state index in [2.05, 4.69) is 20.9 Å². The van der Waals surface area contributed by atoms with E-state index >= 15 is 0 Å². The minimum Gasteiger partial charge on any atom is -0.379 e. The largest absolute Gasteiger partial charge is 0.379 e. The van der Waals surface area contributed by atoms with Crippen molar-refractivity contribution in [2.45, 2.75) is 31.4 Å². The molecule has 0 radical (unpaired) electrons. The molecule has 4 nitrogen and oxygen atoms in total. The zero-order valence-electron chi connectivity index (χ0n) is 9.89. The summed E-state index contributed by atoms with van der Waals surface area (Å²) in [5.74, 6) is 0.0509. The Hall–Kier alpha value is -0.460. The maximum atomic E-state index is 11.9. The highest BCUT2D eigenvalue weighted by Gasteiger charge is 2.18. The van der Waals surface area contributed by atoms with Crippen LogP contribution in [0.5, 0.6) is 0 Å². The van der Waals surface area contributed by atoms with E-state index < -0.39 is 9.84 Å². The van der Waals surface area contributed by atoms with Crippen molar-refractivity contribution in [3.8, 4) is 0 Å². The standard InChI is InChI=1S/C11H16BrNO3S/c1-9(2)16-7-4-8-17(14,15)11-10(12)5-3-6-13-11/h3,5-6,9H,4,7-8H2,1-2H3. The molecule has 0 bridgehead atoms. The van der Waals surface area contributed by atoms with Gasteiger partial charge in [0.15, 0.2) is 14.9 Å². The van der Waals surface area contributed by atoms with Crippen molar-refractivity contribution in [1.29, 1.82) is 0 Å². The molecule has 0 atom stereocenters. The third-order valence-electron chi connectivity index (χ3n) is 2.03. The highest BCUT2D eigenvalue weighted by molar-refractivity contribution is 9.10. The molecular weight excluding hydrogens is 306 g/mol. The lowest BCUT2D eigenvalue weighted by molar-refractivity contribution is 0.0797. The summed E-state index contributed by atoms with van der Waals surface area (Å²) in [6.45, 7) is 4.29. The summed E-state index contributed by atoms with van der Waals surface area (Å²) in [7, 11) is -3.33. The van der Waals surface area contributed by atoms with Gasteiger partial charge in [0.1, 0.15) is 0 Å². The van der Waals surface area contributed by atoms with Gasteiger partial charge in [-0.15, -0.1) is 0 Å². The average molecular weight is 322 g/mol. The summed E-state index contributed by atoms with van der Waals surface area (Å²) in [5.41, 5.74) is 0. The summed E-state index contributed by atoms with van der Waals surface area (Å²) < 4.78 is 29.7. The highest BCUT2D eigenvalue weighted by atomic mass is 79.9. The molecule has 6 heteroatoms. The van der Waals surface area contributed by atoms with Crippen LogP contribution in [0.15, 0.2) is 27.8 Å². The number of halogens is 1. The van der Waals surface area contributed by atoms with Gasteiger partial charge < -0.3 is 4.74 Å². The Morgan fingerprint density at radius 2 is 2.18 bits per heavy atom. The van der Waals surface area contributed by atoms with Gasteiger partial charge in [0, 0.05) is 12.8 Å². The van der Waals surface area contributed by atoms with Gasteiger partial charge in [-0.3, -0.25) is 0 Å². The summed E-state index contributed by atoms with van der Waals surface area (Å²) >= 11 is 3.19. The third-order valence-corrected chi connectivity index (χ3v) is 4.67. The number of hydrogen-bond acceptors (Lipinski definition) is 4. The van der Waals surface area contributed by atoms with Gasteiger partial charge in [0.05, 0.1) is 16.3 Å². The zero-order chi connectivity index (χ0) is 12.9. The van der Waals surface area contributed by atoms with Crippen molar-refractivity contribution in [1.82, 2.24) is 4.98 Å². The van der Waals surface area contributed by atoms with Crippen LogP contribution < -0.4 is 0 Å². The van der Waals surface area contributed by atoms with E-state index in [1.54, 1.807) is 12.1 Å². The predicted octanol–water partition coefficient (Wildman–Crippen LogP) is 2.43. The second-order valence-electron chi connectivity index (χ2n) is 3.88. The normalized spacial score (nSPS) is 12.0. The Morgan fingerprint density at radius 3 is 2.76 bits per heavy atom. The van der Waals surface area contributed by atoms with Crippen molar-refractivity contribution >= 4 is 25.8 Å². The van der Waals surface area contributed by atoms with Crippen LogP contribution in [0.2, 0.25) is 0 Å². The first-order chi connectivity index (χ1) is 7.93. The first kappa shape index (κ1) is 14.6. The fourth-order valence-electron chi connectivity index (χ4n) is 1.26. The summed E-state index contributed by atoms with van der Waals surface area (Å²) in [4.78, 5) is 3.89. The Morgan fingerprint density at radius 1 is 1.47 bits per heavy atom. The molecule has 1 rings (SSSR count). The quantitative estimate of drug-likeness (QED) is 0.755. The lowest BCUT2D eigenvalue weighted by Crippen LogP contribution is -2.13. The van der Waals surface area contributed by atoms with Crippen molar-refractivity contribution < 1.29 is 13.2 Å². The predicted molar refractivity (Wildman–Crippen MR) is 69.7 cm³/mol. The average Bonchev–Trinajstić information content (AvgIpc) is 2.24. The van der Waals surface area contributed by atoms with E-state index in [1.807, 2.05) is 13.8 Å². The van der Waals surface area contributed by atoms with E-state index in [1.165, 1.54) is 6.20 Å². The Bertz CT molecular complexity index is 460. The topological polar surface area (TPSA) is 56.3 Å². The number of nitrogens with zero attached hydrogens (tertiary/aromatic N) is 1. The summed E-state index contributed by atoms with van der Waals surface area (Å²) in [6.07, 6.45) is 2.07. The van der Waals surface area contributed by atoms with Crippen LogP contribution >= 0.6 is 15.9 Å². The monoisotopic (exact) mass is 321 g/mol. The molecule has 1 aromatic heterocycles. The van der Waals surface area contributed by atoms with Crippen molar-refractivity contribution in [3.63, 3.8) is 0 Å². The van der Waals surface area contributed by atoms with Crippen LogP contribution in [0.4, 0.5) is 0 Å². The van der Waals surface area contributed by atoms with Crippen LogP contribution in [0.1, 0.15) is 20.3 Å². The van der Waals surface area contributed by atoms with E-state index in [4.69, 9.17) is 4.74 Å². The van der Waals surface area contributed by atoms with E-state index in [9.17, 15) is 8.42 Å². The first-order valence-corrected chi connectivity index (χ1v) is 7.83. The number of hydrogen-bond donors (Lipinski definition) is 0. The maximum Gasteiger partial charge on any atom is 0.196 e. The lowest BCUT2D eigenvalue weighted by Gasteiger charge is -2.08. The van der Waals surface area contributed by atoms with Gasteiger partial charge in [0.2, 0.25) is 0 Å². The van der Waals surface area contributed by atoms with Crippen LogP contribution in [0.3, 0.4) is 0 Å². The molecule has 0 aliphatic heterocycles. The molecule has 0 aliphatic carbocycles. The van der Waals surface area contributed by atoms with Gasteiger partial charge in [-0.2, -0.15) is 0 Å². The molecule has 96 valence electrons. The molecule has 0 fully saturated rings. The van der Waals surface area contributed by atoms with E-state index in [-0.39, 0.29) is 16.9 Å². The lowest BCUT2D eigenvalue weighted by atomic mass is 10.4. The molecule has 17 heavy (non-hydrogen) atoms. The summed E-state index contributed by atoms with van der Waals surface area (Å²) in [5, 5.41) is 0.101. The smallest absolute Gasteiger partial charge is 0.196 e. The zero-order valence-corrected chi connectivity index (χ0v) is 12.3. The van der Waals surface area contributed by atoms with Crippen LogP contribution in [-0.2, 0) is 14.6 Å².